The van der Waals surface area contributed by atoms with Crippen LogP contribution < -0.4 is 5.32 Å². The van der Waals surface area contributed by atoms with Crippen LogP contribution in [0.4, 0.5) is 5.82 Å². The Hall–Kier alpha value is -0.770. The van der Waals surface area contributed by atoms with E-state index in [1.807, 2.05) is 11.8 Å². The van der Waals surface area contributed by atoms with E-state index in [4.69, 9.17) is 0 Å². The smallest absolute Gasteiger partial charge is 0.133 e. The van der Waals surface area contributed by atoms with Crippen LogP contribution in [0.25, 0.3) is 0 Å². The predicted molar refractivity (Wildman–Crippen MR) is 68.0 cm³/mol. The molecule has 1 unspecified atom stereocenters. The molecule has 4 heteroatoms. The third kappa shape index (κ3) is 2.03. The molecular weight excluding hydrogens is 218 g/mol. The van der Waals surface area contributed by atoms with Gasteiger partial charge in [-0.3, -0.25) is 0 Å². The van der Waals surface area contributed by atoms with E-state index in [1.54, 1.807) is 6.33 Å². The van der Waals surface area contributed by atoms with Crippen molar-refractivity contribution in [2.75, 3.05) is 16.8 Å². The molecule has 2 aliphatic rings. The van der Waals surface area contributed by atoms with Crippen molar-refractivity contribution in [3.05, 3.63) is 17.6 Å². The highest BCUT2D eigenvalue weighted by Crippen LogP contribution is 2.27. The number of hydrogen-bond acceptors (Lipinski definition) is 4. The number of aryl methyl sites for hydroxylation is 1. The molecule has 1 aliphatic heterocycles. The standard InChI is InChI=1S/C12H17N3S/c1-2-4-11-10(3-1)12(14-8-13-11)15-9-5-6-16-7-9/h8-9H,1-7H2,(H,13,14,15). The summed E-state index contributed by atoms with van der Waals surface area (Å²) >= 11 is 2.03. The first-order valence-corrected chi connectivity index (χ1v) is 7.26. The third-order valence-electron chi connectivity index (χ3n) is 3.40. The lowest BCUT2D eigenvalue weighted by atomic mass is 9.96. The number of aromatic nitrogens is 2. The van der Waals surface area contributed by atoms with Crippen LogP contribution >= 0.6 is 11.8 Å². The van der Waals surface area contributed by atoms with Crippen molar-refractivity contribution in [2.45, 2.75) is 38.1 Å². The summed E-state index contributed by atoms with van der Waals surface area (Å²) in [4.78, 5) is 8.82. The second-order valence-electron chi connectivity index (χ2n) is 4.56. The van der Waals surface area contributed by atoms with Crippen molar-refractivity contribution in [2.24, 2.45) is 0 Å². The van der Waals surface area contributed by atoms with Crippen LogP contribution in [0.15, 0.2) is 6.33 Å². The quantitative estimate of drug-likeness (QED) is 0.853. The van der Waals surface area contributed by atoms with E-state index >= 15 is 0 Å². The van der Waals surface area contributed by atoms with Gasteiger partial charge in [0.15, 0.2) is 0 Å². The monoisotopic (exact) mass is 235 g/mol. The van der Waals surface area contributed by atoms with Crippen molar-refractivity contribution < 1.29 is 0 Å². The first kappa shape index (κ1) is 10.4. The van der Waals surface area contributed by atoms with Gasteiger partial charge in [-0.05, 0) is 37.9 Å². The summed E-state index contributed by atoms with van der Waals surface area (Å²) in [5, 5.41) is 3.60. The number of nitrogens with zero attached hydrogens (tertiary/aromatic N) is 2. The Labute approximate surface area is 100 Å². The van der Waals surface area contributed by atoms with E-state index in [2.05, 4.69) is 15.3 Å². The summed E-state index contributed by atoms with van der Waals surface area (Å²) in [6.07, 6.45) is 7.83. The maximum absolute atomic E-state index is 4.42. The van der Waals surface area contributed by atoms with Crippen molar-refractivity contribution >= 4 is 17.6 Å². The van der Waals surface area contributed by atoms with Crippen molar-refractivity contribution in [1.29, 1.82) is 0 Å². The molecule has 0 spiro atoms. The molecule has 0 bridgehead atoms. The minimum absolute atomic E-state index is 0.617. The SMILES string of the molecule is c1nc2c(c(NC3CCSC3)n1)CCCC2. The lowest BCUT2D eigenvalue weighted by Crippen LogP contribution is -2.21. The summed E-state index contributed by atoms with van der Waals surface area (Å²) in [6, 6.07) is 0.617. The lowest BCUT2D eigenvalue weighted by molar-refractivity contribution is 0.660. The molecule has 86 valence electrons. The summed E-state index contributed by atoms with van der Waals surface area (Å²) in [5.74, 6) is 3.61. The van der Waals surface area contributed by atoms with Gasteiger partial charge in [0.1, 0.15) is 12.1 Å². The molecule has 2 heterocycles. The molecule has 3 nitrogen and oxygen atoms in total. The third-order valence-corrected chi connectivity index (χ3v) is 4.56. The molecular formula is C12H17N3S. The zero-order valence-electron chi connectivity index (χ0n) is 9.41. The average Bonchev–Trinajstić information content (AvgIpc) is 2.82. The van der Waals surface area contributed by atoms with Crippen molar-refractivity contribution in [1.82, 2.24) is 9.97 Å². The topological polar surface area (TPSA) is 37.8 Å². The van der Waals surface area contributed by atoms with Gasteiger partial charge in [-0.25, -0.2) is 9.97 Å². The van der Waals surface area contributed by atoms with Gasteiger partial charge in [-0.15, -0.1) is 0 Å². The van der Waals surface area contributed by atoms with E-state index in [0.29, 0.717) is 6.04 Å². The molecule has 1 aliphatic carbocycles. The Bertz CT molecular complexity index is 375. The van der Waals surface area contributed by atoms with Gasteiger partial charge in [0.25, 0.3) is 0 Å². The molecule has 1 N–H and O–H groups in total. The fourth-order valence-electron chi connectivity index (χ4n) is 2.49. The average molecular weight is 235 g/mol. The van der Waals surface area contributed by atoms with E-state index in [0.717, 1.165) is 18.7 Å². The number of hydrogen-bond donors (Lipinski definition) is 1. The zero-order chi connectivity index (χ0) is 10.8. The maximum Gasteiger partial charge on any atom is 0.133 e. The van der Waals surface area contributed by atoms with Crippen LogP contribution in [-0.4, -0.2) is 27.5 Å². The lowest BCUT2D eigenvalue weighted by Gasteiger charge is -2.20. The summed E-state index contributed by atoms with van der Waals surface area (Å²) in [7, 11) is 0. The highest BCUT2D eigenvalue weighted by molar-refractivity contribution is 7.99. The molecule has 0 amide bonds. The van der Waals surface area contributed by atoms with Gasteiger partial charge in [0.2, 0.25) is 0 Å². The molecule has 1 atom stereocenters. The van der Waals surface area contributed by atoms with Crippen LogP contribution in [0.2, 0.25) is 0 Å². The molecule has 16 heavy (non-hydrogen) atoms. The first-order chi connectivity index (χ1) is 7.93. The highest BCUT2D eigenvalue weighted by atomic mass is 32.2. The van der Waals surface area contributed by atoms with Gasteiger partial charge in [-0.2, -0.15) is 11.8 Å². The molecule has 1 fully saturated rings. The van der Waals surface area contributed by atoms with Crippen LogP contribution in [0.3, 0.4) is 0 Å². The second kappa shape index (κ2) is 4.62. The molecule has 1 aromatic heterocycles. The highest BCUT2D eigenvalue weighted by Gasteiger charge is 2.20. The Balaban J connectivity index is 1.82. The van der Waals surface area contributed by atoms with Gasteiger partial charge in [0, 0.05) is 23.1 Å². The molecule has 1 saturated heterocycles. The minimum Gasteiger partial charge on any atom is -0.366 e. The molecule has 3 rings (SSSR count). The van der Waals surface area contributed by atoms with Crippen LogP contribution in [0.5, 0.6) is 0 Å². The predicted octanol–water partition coefficient (Wildman–Crippen LogP) is 2.27. The normalized spacial score (nSPS) is 24.1. The summed E-state index contributed by atoms with van der Waals surface area (Å²) < 4.78 is 0. The van der Waals surface area contributed by atoms with Gasteiger partial charge in [-0.1, -0.05) is 0 Å². The number of nitrogens with one attached hydrogen (secondary N) is 1. The van der Waals surface area contributed by atoms with Gasteiger partial charge in [0.05, 0.1) is 0 Å². The van der Waals surface area contributed by atoms with E-state index in [9.17, 15) is 0 Å². The van der Waals surface area contributed by atoms with Crippen molar-refractivity contribution in [3.8, 4) is 0 Å². The molecule has 0 aromatic carbocycles. The molecule has 0 radical (unpaired) electrons. The van der Waals surface area contributed by atoms with E-state index in [1.165, 1.54) is 42.0 Å². The summed E-state index contributed by atoms with van der Waals surface area (Å²) in [6.45, 7) is 0. The number of anilines is 1. The largest absolute Gasteiger partial charge is 0.366 e. The number of rotatable bonds is 2. The van der Waals surface area contributed by atoms with Gasteiger partial charge < -0.3 is 5.32 Å². The van der Waals surface area contributed by atoms with Crippen molar-refractivity contribution in [3.63, 3.8) is 0 Å². The Morgan fingerprint density at radius 3 is 3.06 bits per heavy atom. The summed E-state index contributed by atoms with van der Waals surface area (Å²) in [5.41, 5.74) is 2.65. The van der Waals surface area contributed by atoms with Crippen LogP contribution in [0, 0.1) is 0 Å². The Morgan fingerprint density at radius 1 is 1.25 bits per heavy atom. The fraction of sp³-hybridized carbons (Fsp3) is 0.667. The van der Waals surface area contributed by atoms with E-state index < -0.39 is 0 Å². The fourth-order valence-corrected chi connectivity index (χ4v) is 3.64. The first-order valence-electron chi connectivity index (χ1n) is 6.10. The van der Waals surface area contributed by atoms with Crippen LogP contribution in [0.1, 0.15) is 30.5 Å². The zero-order valence-corrected chi connectivity index (χ0v) is 10.2. The minimum atomic E-state index is 0.617. The van der Waals surface area contributed by atoms with Gasteiger partial charge >= 0.3 is 0 Å². The maximum atomic E-state index is 4.42. The molecule has 0 saturated carbocycles. The Morgan fingerprint density at radius 2 is 2.19 bits per heavy atom. The number of fused-ring (bicyclic) bond motifs is 1. The number of thioether (sulfide) groups is 1. The van der Waals surface area contributed by atoms with E-state index in [-0.39, 0.29) is 0 Å². The second-order valence-corrected chi connectivity index (χ2v) is 5.71. The molecule has 1 aromatic rings. The Kier molecular flexibility index (Phi) is 3.00. The van der Waals surface area contributed by atoms with Crippen LogP contribution in [-0.2, 0) is 12.8 Å².